The average molecular weight is 311 g/mol. The number of carbonyl (C=O) groups is 2. The van der Waals surface area contributed by atoms with Crippen LogP contribution < -0.4 is 0 Å². The number of hydrogen-bond donors (Lipinski definition) is 0. The number of ketones is 2. The Kier molecular flexibility index (Phi) is 8.57. The summed E-state index contributed by atoms with van der Waals surface area (Å²) in [6.07, 6.45) is 5.62. The molecule has 0 N–H and O–H groups in total. The maximum Gasteiger partial charge on any atom is 0.133 e. The normalized spacial score (nSPS) is 15.3. The summed E-state index contributed by atoms with van der Waals surface area (Å²) < 4.78 is 0. The minimum absolute atomic E-state index is 0.159. The van der Waals surface area contributed by atoms with Gasteiger partial charge in [0.05, 0.1) is 0 Å². The molecule has 0 bridgehead atoms. The summed E-state index contributed by atoms with van der Waals surface area (Å²) in [5.41, 5.74) is 0.345. The van der Waals surface area contributed by atoms with E-state index in [1.54, 1.807) is 0 Å². The summed E-state index contributed by atoms with van der Waals surface area (Å²) in [6.45, 7) is 16.8. The Labute approximate surface area is 138 Å². The smallest absolute Gasteiger partial charge is 0.133 e. The molecule has 1 fully saturated rings. The fraction of sp³-hybridized carbons (Fsp3) is 0.900. The number of carbonyl (C=O) groups excluding carboxylic acids is 2. The van der Waals surface area contributed by atoms with Crippen LogP contribution in [0.5, 0.6) is 0 Å². The quantitative estimate of drug-likeness (QED) is 0.618. The van der Waals surface area contributed by atoms with Crippen LogP contribution in [0.3, 0.4) is 0 Å². The van der Waals surface area contributed by atoms with E-state index in [0.717, 1.165) is 25.2 Å². The predicted octanol–water partition coefficient (Wildman–Crippen LogP) is 5.83. The molecule has 0 spiro atoms. The highest BCUT2D eigenvalue weighted by Gasteiger charge is 2.26. The summed E-state index contributed by atoms with van der Waals surface area (Å²) >= 11 is 0. The second-order valence-corrected chi connectivity index (χ2v) is 9.80. The Morgan fingerprint density at radius 2 is 1.27 bits per heavy atom. The highest BCUT2D eigenvalue weighted by molar-refractivity contribution is 5.79. The lowest BCUT2D eigenvalue weighted by Crippen LogP contribution is -2.14. The van der Waals surface area contributed by atoms with E-state index < -0.39 is 0 Å². The maximum atomic E-state index is 11.3. The van der Waals surface area contributed by atoms with Crippen molar-refractivity contribution in [3.8, 4) is 0 Å². The van der Waals surface area contributed by atoms with Crippen LogP contribution in [0.1, 0.15) is 93.9 Å². The van der Waals surface area contributed by atoms with Gasteiger partial charge in [-0.2, -0.15) is 0 Å². The molecular formula is C20H38O2. The molecule has 0 aliphatic heterocycles. The Hall–Kier alpha value is -0.660. The van der Waals surface area contributed by atoms with Crippen molar-refractivity contribution in [3.63, 3.8) is 0 Å². The molecule has 0 saturated heterocycles. The molecule has 0 aromatic carbocycles. The van der Waals surface area contributed by atoms with Crippen LogP contribution in [0.4, 0.5) is 0 Å². The standard InChI is InChI=1S/C10H18O.C10H20O/c1-10(2,3)7-9(11)6-8-4-5-8;1-8(2)6-9(11)7-10(3,4)5/h8H,4-7H2,1-3H3;8H,6-7H2,1-5H3. The molecule has 0 aromatic rings. The largest absolute Gasteiger partial charge is 0.300 e. The van der Waals surface area contributed by atoms with Gasteiger partial charge in [0.25, 0.3) is 0 Å². The van der Waals surface area contributed by atoms with Gasteiger partial charge >= 0.3 is 0 Å². The van der Waals surface area contributed by atoms with E-state index in [0.29, 0.717) is 23.9 Å². The topological polar surface area (TPSA) is 34.1 Å². The molecule has 0 radical (unpaired) electrons. The molecule has 0 aromatic heterocycles. The summed E-state index contributed by atoms with van der Waals surface area (Å²) in [6, 6.07) is 0. The Morgan fingerprint density at radius 1 is 0.864 bits per heavy atom. The Morgan fingerprint density at radius 3 is 1.59 bits per heavy atom. The summed E-state index contributed by atoms with van der Waals surface area (Å²) in [7, 11) is 0. The number of rotatable bonds is 6. The molecular weight excluding hydrogens is 272 g/mol. The van der Waals surface area contributed by atoms with Crippen LogP contribution in [-0.4, -0.2) is 11.6 Å². The van der Waals surface area contributed by atoms with Gasteiger partial charge in [0.2, 0.25) is 0 Å². The van der Waals surface area contributed by atoms with Crippen LogP contribution in [0.2, 0.25) is 0 Å². The molecule has 1 aliphatic rings. The number of hydrogen-bond acceptors (Lipinski definition) is 2. The molecule has 1 saturated carbocycles. The van der Waals surface area contributed by atoms with Gasteiger partial charge in [-0.3, -0.25) is 9.59 Å². The van der Waals surface area contributed by atoms with Crippen LogP contribution in [0, 0.1) is 22.7 Å². The fourth-order valence-corrected chi connectivity index (χ4v) is 2.43. The van der Waals surface area contributed by atoms with E-state index in [-0.39, 0.29) is 10.8 Å². The van der Waals surface area contributed by atoms with Crippen molar-refractivity contribution in [2.24, 2.45) is 22.7 Å². The van der Waals surface area contributed by atoms with Gasteiger partial charge in [-0.1, -0.05) is 55.4 Å². The number of Topliss-reactive ketones (excluding diaryl/α,β-unsaturated/α-hetero) is 2. The molecule has 1 rings (SSSR count). The monoisotopic (exact) mass is 310 g/mol. The molecule has 22 heavy (non-hydrogen) atoms. The molecule has 0 amide bonds. The highest BCUT2D eigenvalue weighted by atomic mass is 16.1. The fourth-order valence-electron chi connectivity index (χ4n) is 2.43. The van der Waals surface area contributed by atoms with Crippen molar-refractivity contribution in [1.82, 2.24) is 0 Å². The second kappa shape index (κ2) is 8.84. The van der Waals surface area contributed by atoms with Crippen molar-refractivity contribution in [2.45, 2.75) is 93.9 Å². The predicted molar refractivity (Wildman–Crippen MR) is 95.0 cm³/mol. The van der Waals surface area contributed by atoms with E-state index in [4.69, 9.17) is 0 Å². The molecule has 0 heterocycles. The lowest BCUT2D eigenvalue weighted by molar-refractivity contribution is -0.122. The molecule has 0 atom stereocenters. The van der Waals surface area contributed by atoms with E-state index in [2.05, 4.69) is 55.4 Å². The lowest BCUT2D eigenvalue weighted by Gasteiger charge is -2.17. The van der Waals surface area contributed by atoms with Crippen molar-refractivity contribution in [1.29, 1.82) is 0 Å². The van der Waals surface area contributed by atoms with Crippen LogP contribution in [0.15, 0.2) is 0 Å². The van der Waals surface area contributed by atoms with Crippen molar-refractivity contribution >= 4 is 11.6 Å². The van der Waals surface area contributed by atoms with Gasteiger partial charge in [-0.15, -0.1) is 0 Å². The van der Waals surface area contributed by atoms with Crippen molar-refractivity contribution in [3.05, 3.63) is 0 Å². The zero-order chi connectivity index (χ0) is 17.6. The van der Waals surface area contributed by atoms with E-state index in [1.165, 1.54) is 12.8 Å². The first-order chi connectivity index (χ1) is 9.78. The van der Waals surface area contributed by atoms with E-state index >= 15 is 0 Å². The summed E-state index contributed by atoms with van der Waals surface area (Å²) in [5.74, 6) is 2.11. The zero-order valence-electron chi connectivity index (χ0n) is 16.2. The van der Waals surface area contributed by atoms with Crippen LogP contribution in [-0.2, 0) is 9.59 Å². The van der Waals surface area contributed by atoms with E-state index in [9.17, 15) is 9.59 Å². The first-order valence-electron chi connectivity index (χ1n) is 8.82. The first-order valence-corrected chi connectivity index (χ1v) is 8.82. The van der Waals surface area contributed by atoms with Gasteiger partial charge in [0, 0.05) is 25.7 Å². The van der Waals surface area contributed by atoms with Crippen molar-refractivity contribution in [2.75, 3.05) is 0 Å². The first kappa shape index (κ1) is 21.3. The molecule has 130 valence electrons. The van der Waals surface area contributed by atoms with Gasteiger partial charge in [0.15, 0.2) is 0 Å². The second-order valence-electron chi connectivity index (χ2n) is 9.80. The third kappa shape index (κ3) is 15.7. The molecule has 1 aliphatic carbocycles. The summed E-state index contributed by atoms with van der Waals surface area (Å²) in [4.78, 5) is 22.6. The lowest BCUT2D eigenvalue weighted by atomic mass is 9.87. The van der Waals surface area contributed by atoms with Gasteiger partial charge in [-0.25, -0.2) is 0 Å². The Balaban J connectivity index is 0.000000401. The Bertz CT molecular complexity index is 321. The van der Waals surface area contributed by atoms with Crippen LogP contribution in [0.25, 0.3) is 0 Å². The van der Waals surface area contributed by atoms with E-state index in [1.807, 2.05) is 0 Å². The van der Waals surface area contributed by atoms with Gasteiger partial charge in [-0.05, 0) is 35.5 Å². The molecule has 2 heteroatoms. The van der Waals surface area contributed by atoms with Gasteiger partial charge in [0.1, 0.15) is 11.6 Å². The summed E-state index contributed by atoms with van der Waals surface area (Å²) in [5, 5.41) is 0. The third-order valence-electron chi connectivity index (χ3n) is 3.30. The SMILES string of the molecule is CC(C)(C)CC(=O)CC1CC1.CC(C)CC(=O)CC(C)(C)C. The molecule has 2 nitrogen and oxygen atoms in total. The third-order valence-corrected chi connectivity index (χ3v) is 3.30. The minimum atomic E-state index is 0.159. The minimum Gasteiger partial charge on any atom is -0.300 e. The zero-order valence-corrected chi connectivity index (χ0v) is 16.2. The van der Waals surface area contributed by atoms with Gasteiger partial charge < -0.3 is 0 Å². The molecule has 0 unspecified atom stereocenters. The van der Waals surface area contributed by atoms with Crippen molar-refractivity contribution < 1.29 is 9.59 Å². The maximum absolute atomic E-state index is 11.3. The average Bonchev–Trinajstić information content (AvgIpc) is 2.93. The van der Waals surface area contributed by atoms with Crippen LogP contribution >= 0.6 is 0 Å². The highest BCUT2D eigenvalue weighted by Crippen LogP contribution is 2.34.